The van der Waals surface area contributed by atoms with Crippen LogP contribution in [0.25, 0.3) is 10.9 Å². The summed E-state index contributed by atoms with van der Waals surface area (Å²) in [6, 6.07) is 9.00. The molecule has 5 amide bonds. The SMILES string of the molecule is NC(=O)c1nn(CC(=O)N(CC(=O)NCc2cccc(Cl)c2F)C2CC2)c2ccc(NC(=O)N3CCOCC3)cc12. The number of rotatable bonds is 9. The van der Waals surface area contributed by atoms with E-state index >= 15 is 0 Å². The van der Waals surface area contributed by atoms with E-state index in [4.69, 9.17) is 22.1 Å². The first-order chi connectivity index (χ1) is 19.7. The Bertz CT molecular complexity index is 1500. The Kier molecular flexibility index (Phi) is 8.36. The highest BCUT2D eigenvalue weighted by molar-refractivity contribution is 6.30. The fourth-order valence-corrected chi connectivity index (χ4v) is 4.84. The predicted molar refractivity (Wildman–Crippen MR) is 148 cm³/mol. The van der Waals surface area contributed by atoms with Crippen LogP contribution in [0.3, 0.4) is 0 Å². The topological polar surface area (TPSA) is 152 Å². The summed E-state index contributed by atoms with van der Waals surface area (Å²) < 4.78 is 20.8. The van der Waals surface area contributed by atoms with Gasteiger partial charge in [0.1, 0.15) is 12.4 Å². The van der Waals surface area contributed by atoms with Crippen molar-refractivity contribution in [1.82, 2.24) is 24.9 Å². The van der Waals surface area contributed by atoms with Gasteiger partial charge in [0.05, 0.1) is 30.3 Å². The molecule has 41 heavy (non-hydrogen) atoms. The zero-order valence-corrected chi connectivity index (χ0v) is 22.8. The second-order valence-corrected chi connectivity index (χ2v) is 10.3. The Hall–Kier alpha value is -4.23. The minimum absolute atomic E-state index is 0.0417. The smallest absolute Gasteiger partial charge is 0.321 e. The Balaban J connectivity index is 1.28. The summed E-state index contributed by atoms with van der Waals surface area (Å²) in [7, 11) is 0. The molecule has 0 unspecified atom stereocenters. The molecular weight excluding hydrogens is 557 g/mol. The third kappa shape index (κ3) is 6.57. The summed E-state index contributed by atoms with van der Waals surface area (Å²) in [5.41, 5.74) is 6.66. The van der Waals surface area contributed by atoms with Crippen molar-refractivity contribution in [3.63, 3.8) is 0 Å². The van der Waals surface area contributed by atoms with Crippen LogP contribution in [0.15, 0.2) is 36.4 Å². The van der Waals surface area contributed by atoms with Gasteiger partial charge in [0.2, 0.25) is 11.8 Å². The van der Waals surface area contributed by atoms with E-state index in [1.165, 1.54) is 21.7 Å². The number of aromatic nitrogens is 2. The van der Waals surface area contributed by atoms with Crippen LogP contribution in [0.5, 0.6) is 0 Å². The number of morpholine rings is 1. The number of hydrogen-bond donors (Lipinski definition) is 3. The molecule has 0 atom stereocenters. The standard InChI is InChI=1S/C27H29ClFN7O5/c28-20-3-1-2-16(24(20)29)13-31-22(37)14-35(18-5-6-18)23(38)15-36-21-7-4-17(12-19(21)25(33-36)26(30)39)32-27(40)34-8-10-41-11-9-34/h1-4,7,12,18H,5-6,8-11,13-15H2,(H2,30,39)(H,31,37)(H,32,40). The maximum atomic E-state index is 14.2. The zero-order chi connectivity index (χ0) is 29.1. The third-order valence-electron chi connectivity index (χ3n) is 6.95. The molecule has 216 valence electrons. The molecular formula is C27H29ClFN7O5. The number of carbonyl (C=O) groups excluding carboxylic acids is 4. The molecule has 1 saturated heterocycles. The number of hydrogen-bond acceptors (Lipinski definition) is 6. The van der Waals surface area contributed by atoms with Gasteiger partial charge < -0.3 is 30.9 Å². The summed E-state index contributed by atoms with van der Waals surface area (Å²) >= 11 is 5.81. The number of halogens is 2. The summed E-state index contributed by atoms with van der Waals surface area (Å²) in [6.45, 7) is 1.31. The molecule has 1 saturated carbocycles. The van der Waals surface area contributed by atoms with Crippen LogP contribution in [0, 0.1) is 5.82 Å². The average molecular weight is 586 g/mol. The summed E-state index contributed by atoms with van der Waals surface area (Å²) in [5, 5.41) is 10.0. The van der Waals surface area contributed by atoms with E-state index in [1.54, 1.807) is 29.2 Å². The van der Waals surface area contributed by atoms with E-state index in [0.717, 1.165) is 12.8 Å². The molecule has 2 fully saturated rings. The summed E-state index contributed by atoms with van der Waals surface area (Å²) in [6.07, 6.45) is 1.50. The maximum absolute atomic E-state index is 14.2. The molecule has 3 aromatic rings. The number of nitrogens with one attached hydrogen (secondary N) is 2. The Morgan fingerprint density at radius 2 is 1.90 bits per heavy atom. The van der Waals surface area contributed by atoms with E-state index in [0.29, 0.717) is 42.9 Å². The number of urea groups is 1. The van der Waals surface area contributed by atoms with Gasteiger partial charge in [0.15, 0.2) is 5.69 Å². The lowest BCUT2D eigenvalue weighted by Crippen LogP contribution is -2.43. The van der Waals surface area contributed by atoms with Crippen molar-refractivity contribution in [1.29, 1.82) is 0 Å². The molecule has 2 heterocycles. The normalized spacial score (nSPS) is 15.0. The van der Waals surface area contributed by atoms with Crippen molar-refractivity contribution in [2.24, 2.45) is 5.73 Å². The third-order valence-corrected chi connectivity index (χ3v) is 7.24. The minimum Gasteiger partial charge on any atom is -0.378 e. The fourth-order valence-electron chi connectivity index (χ4n) is 4.64. The number of primary amides is 1. The fraction of sp³-hybridized carbons (Fsp3) is 0.370. The van der Waals surface area contributed by atoms with Crippen molar-refractivity contribution in [3.05, 3.63) is 58.5 Å². The van der Waals surface area contributed by atoms with Crippen molar-refractivity contribution >= 4 is 51.9 Å². The van der Waals surface area contributed by atoms with Crippen LogP contribution in [0.2, 0.25) is 5.02 Å². The Morgan fingerprint density at radius 1 is 1.15 bits per heavy atom. The van der Waals surface area contributed by atoms with Crippen molar-refractivity contribution in [2.75, 3.05) is 38.2 Å². The van der Waals surface area contributed by atoms with Crippen molar-refractivity contribution in [3.8, 4) is 0 Å². The molecule has 1 aromatic heterocycles. The molecule has 1 aliphatic heterocycles. The van der Waals surface area contributed by atoms with Gasteiger partial charge >= 0.3 is 6.03 Å². The summed E-state index contributed by atoms with van der Waals surface area (Å²) in [5.74, 6) is -2.22. The molecule has 14 heteroatoms. The first-order valence-electron chi connectivity index (χ1n) is 13.1. The lowest BCUT2D eigenvalue weighted by molar-refractivity contribution is -0.137. The number of ether oxygens (including phenoxy) is 1. The molecule has 0 radical (unpaired) electrons. The van der Waals surface area contributed by atoms with Gasteiger partial charge in [-0.2, -0.15) is 5.10 Å². The van der Waals surface area contributed by atoms with Gasteiger partial charge in [0, 0.05) is 42.3 Å². The van der Waals surface area contributed by atoms with Crippen LogP contribution in [-0.4, -0.2) is 82.2 Å². The number of nitrogens with two attached hydrogens (primary N) is 1. The second kappa shape index (κ2) is 12.1. The maximum Gasteiger partial charge on any atom is 0.321 e. The van der Waals surface area contributed by atoms with E-state index < -0.39 is 17.6 Å². The van der Waals surface area contributed by atoms with E-state index in [2.05, 4.69) is 15.7 Å². The Labute approximate surface area is 239 Å². The van der Waals surface area contributed by atoms with Crippen LogP contribution >= 0.6 is 11.6 Å². The monoisotopic (exact) mass is 585 g/mol. The van der Waals surface area contributed by atoms with Gasteiger partial charge in [-0.3, -0.25) is 19.1 Å². The van der Waals surface area contributed by atoms with Crippen molar-refractivity contribution in [2.45, 2.75) is 32.0 Å². The lowest BCUT2D eigenvalue weighted by atomic mass is 10.2. The molecule has 1 aliphatic carbocycles. The van der Waals surface area contributed by atoms with Gasteiger partial charge in [0.25, 0.3) is 5.91 Å². The largest absolute Gasteiger partial charge is 0.378 e. The van der Waals surface area contributed by atoms with Crippen LogP contribution in [-0.2, 0) is 27.4 Å². The average Bonchev–Trinajstić information content (AvgIpc) is 3.74. The number of benzene rings is 2. The number of amides is 5. The molecule has 0 bridgehead atoms. The number of anilines is 1. The van der Waals surface area contributed by atoms with Crippen LogP contribution in [0.1, 0.15) is 28.9 Å². The first kappa shape index (κ1) is 28.3. The number of fused-ring (bicyclic) bond motifs is 1. The lowest BCUT2D eigenvalue weighted by Gasteiger charge is -2.26. The van der Waals surface area contributed by atoms with E-state index in [9.17, 15) is 23.6 Å². The molecule has 12 nitrogen and oxygen atoms in total. The van der Waals surface area contributed by atoms with Crippen LogP contribution < -0.4 is 16.4 Å². The first-order valence-corrected chi connectivity index (χ1v) is 13.5. The highest BCUT2D eigenvalue weighted by Crippen LogP contribution is 2.28. The summed E-state index contributed by atoms with van der Waals surface area (Å²) in [4.78, 5) is 53.9. The molecule has 2 aromatic carbocycles. The quantitative estimate of drug-likeness (QED) is 0.350. The molecule has 0 spiro atoms. The van der Waals surface area contributed by atoms with Crippen LogP contribution in [0.4, 0.5) is 14.9 Å². The predicted octanol–water partition coefficient (Wildman–Crippen LogP) is 2.10. The van der Waals surface area contributed by atoms with Gasteiger partial charge in [-0.25, -0.2) is 9.18 Å². The highest BCUT2D eigenvalue weighted by Gasteiger charge is 2.34. The highest BCUT2D eigenvalue weighted by atomic mass is 35.5. The minimum atomic E-state index is -0.787. The molecule has 5 rings (SSSR count). The number of carbonyl (C=O) groups is 4. The number of nitrogens with zero attached hydrogens (tertiary/aromatic N) is 4. The van der Waals surface area contributed by atoms with Gasteiger partial charge in [-0.05, 0) is 37.1 Å². The van der Waals surface area contributed by atoms with Gasteiger partial charge in [-0.1, -0.05) is 23.7 Å². The van der Waals surface area contributed by atoms with E-state index in [-0.39, 0.29) is 53.9 Å². The molecule has 2 aliphatic rings. The second-order valence-electron chi connectivity index (χ2n) is 9.87. The Morgan fingerprint density at radius 3 is 2.61 bits per heavy atom. The van der Waals surface area contributed by atoms with Gasteiger partial charge in [-0.15, -0.1) is 0 Å². The molecule has 4 N–H and O–H groups in total. The van der Waals surface area contributed by atoms with E-state index in [1.807, 2.05) is 0 Å². The zero-order valence-electron chi connectivity index (χ0n) is 22.1. The van der Waals surface area contributed by atoms with Crippen molar-refractivity contribution < 1.29 is 28.3 Å².